The van der Waals surface area contributed by atoms with Crippen LogP contribution in [-0.4, -0.2) is 107 Å². The third-order valence-electron chi connectivity index (χ3n) is 12.2. The molecule has 1 aliphatic carbocycles. The number of benzene rings is 2. The number of para-hydroxylation sites is 1. The van der Waals surface area contributed by atoms with Crippen LogP contribution in [0, 0.1) is 11.3 Å². The number of ether oxygens (including phenoxy) is 3. The second-order valence-electron chi connectivity index (χ2n) is 18.8. The van der Waals surface area contributed by atoms with Crippen LogP contribution in [0.5, 0.6) is 11.8 Å². The van der Waals surface area contributed by atoms with Crippen molar-refractivity contribution in [2.45, 2.75) is 122 Å². The van der Waals surface area contributed by atoms with Crippen molar-refractivity contribution in [2.75, 3.05) is 27.7 Å². The Labute approximate surface area is 385 Å². The van der Waals surface area contributed by atoms with Crippen LogP contribution >= 0.6 is 11.3 Å². The van der Waals surface area contributed by atoms with Crippen molar-refractivity contribution in [1.82, 2.24) is 33.8 Å². The normalized spacial score (nSPS) is 23.6. The molecule has 0 bridgehead atoms. The zero-order chi connectivity index (χ0) is 46.8. The van der Waals surface area contributed by atoms with Crippen LogP contribution in [0.3, 0.4) is 0 Å². The van der Waals surface area contributed by atoms with E-state index >= 15 is 0 Å². The molecule has 3 aliphatic rings. The molecule has 5 atom stereocenters. The lowest BCUT2D eigenvalue weighted by Gasteiger charge is -2.30. The molecule has 1 saturated carbocycles. The third kappa shape index (κ3) is 10.9. The number of ketones is 1. The van der Waals surface area contributed by atoms with Crippen molar-refractivity contribution >= 4 is 56.3 Å². The molecule has 350 valence electrons. The Morgan fingerprint density at radius 3 is 2.49 bits per heavy atom. The number of nitrogens with zero attached hydrogens (tertiary/aromatic N) is 5. The number of Topliss-reactive ketones (excluding diaryl/α,β-unsaturated/α-hetero) is 1. The van der Waals surface area contributed by atoms with Gasteiger partial charge in [0.2, 0.25) is 11.8 Å². The number of methoxy groups -OCH3 is 1. The first-order valence-corrected chi connectivity index (χ1v) is 24.6. The van der Waals surface area contributed by atoms with Crippen molar-refractivity contribution in [3.05, 3.63) is 71.3 Å². The molecule has 7 rings (SSSR count). The molecule has 2 N–H and O–H groups in total. The summed E-state index contributed by atoms with van der Waals surface area (Å²) in [6.45, 7) is 9.26. The number of hydrogen-bond acceptors (Lipinski definition) is 12. The average molecular weight is 932 g/mol. The van der Waals surface area contributed by atoms with Gasteiger partial charge in [-0.3, -0.25) is 19.0 Å². The van der Waals surface area contributed by atoms with Crippen LogP contribution in [0.15, 0.2) is 60.0 Å². The van der Waals surface area contributed by atoms with Gasteiger partial charge in [0, 0.05) is 50.3 Å². The number of fused-ring (bicyclic) bond motifs is 3. The number of rotatable bonds is 11. The molecule has 4 heterocycles. The molecule has 2 aromatic carbocycles. The lowest BCUT2D eigenvalue weighted by atomic mass is 9.91. The summed E-state index contributed by atoms with van der Waals surface area (Å²) in [7, 11) is 0.119. The first kappa shape index (κ1) is 47.6. The number of carbonyl (C=O) groups is 4. The highest BCUT2D eigenvalue weighted by Gasteiger charge is 2.61. The molecule has 3 amide bonds. The first-order valence-electron chi connectivity index (χ1n) is 22.3. The summed E-state index contributed by atoms with van der Waals surface area (Å²) >= 11 is 1.53. The van der Waals surface area contributed by atoms with E-state index in [1.807, 2.05) is 78.4 Å². The monoisotopic (exact) mass is 931 g/mol. The van der Waals surface area contributed by atoms with Gasteiger partial charge in [-0.25, -0.2) is 14.5 Å². The van der Waals surface area contributed by atoms with E-state index in [0.717, 1.165) is 50.2 Å². The Kier molecular flexibility index (Phi) is 14.1. The highest BCUT2D eigenvalue weighted by Crippen LogP contribution is 2.57. The summed E-state index contributed by atoms with van der Waals surface area (Å²) in [5, 5.41) is 5.64. The van der Waals surface area contributed by atoms with Crippen LogP contribution in [0.4, 0.5) is 4.79 Å². The Morgan fingerprint density at radius 1 is 1.05 bits per heavy atom. The van der Waals surface area contributed by atoms with Gasteiger partial charge in [-0.15, -0.1) is 11.3 Å². The Bertz CT molecular complexity index is 2540. The van der Waals surface area contributed by atoms with Gasteiger partial charge in [0.1, 0.15) is 34.0 Å². The fourth-order valence-electron chi connectivity index (χ4n) is 8.72. The zero-order valence-corrected chi connectivity index (χ0v) is 40.1. The molecular weight excluding hydrogens is 871 g/mol. The Balaban J connectivity index is 1.21. The molecule has 0 spiro atoms. The highest BCUT2D eigenvalue weighted by molar-refractivity contribution is 7.87. The van der Waals surface area contributed by atoms with E-state index in [9.17, 15) is 27.6 Å². The number of amides is 3. The van der Waals surface area contributed by atoms with Gasteiger partial charge in [-0.2, -0.15) is 17.7 Å². The van der Waals surface area contributed by atoms with Gasteiger partial charge in [0.05, 0.1) is 36.3 Å². The van der Waals surface area contributed by atoms with Crippen molar-refractivity contribution < 1.29 is 41.8 Å². The second-order valence-corrected chi connectivity index (χ2v) is 21.5. The molecule has 65 heavy (non-hydrogen) atoms. The van der Waals surface area contributed by atoms with Crippen molar-refractivity contribution in [1.29, 1.82) is 0 Å². The smallest absolute Gasteiger partial charge is 0.408 e. The van der Waals surface area contributed by atoms with Gasteiger partial charge >= 0.3 is 16.3 Å². The largest absolute Gasteiger partial charge is 0.497 e. The minimum Gasteiger partial charge on any atom is -0.497 e. The number of nitrogens with one attached hydrogen (secondary N) is 2. The molecule has 18 heteroatoms. The van der Waals surface area contributed by atoms with Crippen molar-refractivity contribution in [2.24, 2.45) is 11.3 Å². The Morgan fingerprint density at radius 2 is 1.80 bits per heavy atom. The maximum absolute atomic E-state index is 14.8. The molecule has 1 saturated heterocycles. The molecule has 0 unspecified atom stereocenters. The molecule has 16 nitrogen and oxygen atoms in total. The number of imidazole rings is 1. The predicted molar refractivity (Wildman–Crippen MR) is 248 cm³/mol. The molecule has 2 aliphatic heterocycles. The van der Waals surface area contributed by atoms with Crippen LogP contribution in [0.25, 0.3) is 21.6 Å². The number of hydrogen-bond donors (Lipinski definition) is 2. The molecule has 0 radical (unpaired) electrons. The van der Waals surface area contributed by atoms with E-state index in [4.69, 9.17) is 24.2 Å². The van der Waals surface area contributed by atoms with Crippen LogP contribution in [-0.2, 0) is 35.8 Å². The van der Waals surface area contributed by atoms with Gasteiger partial charge < -0.3 is 24.4 Å². The predicted octanol–water partition coefficient (Wildman–Crippen LogP) is 6.99. The van der Waals surface area contributed by atoms with Gasteiger partial charge in [0.25, 0.3) is 6.01 Å². The zero-order valence-electron chi connectivity index (χ0n) is 38.5. The van der Waals surface area contributed by atoms with Crippen molar-refractivity contribution in [3.8, 4) is 22.3 Å². The summed E-state index contributed by atoms with van der Waals surface area (Å²) in [4.78, 5) is 68.1. The topological polar surface area (TPSA) is 191 Å². The molecule has 2 aromatic heterocycles. The average Bonchev–Trinajstić information content (AvgIpc) is 3.55. The highest BCUT2D eigenvalue weighted by atomic mass is 32.2. The molecule has 4 aromatic rings. The maximum atomic E-state index is 14.8. The van der Waals surface area contributed by atoms with Crippen LogP contribution in [0.1, 0.15) is 103 Å². The number of allylic oxidation sites excluding steroid dienone is 2. The first-order chi connectivity index (χ1) is 30.8. The summed E-state index contributed by atoms with van der Waals surface area (Å²) in [5.41, 5.74) is 2.23. The second kappa shape index (κ2) is 19.3. The number of carbonyl (C=O) groups excluding carboxylic acids is 4. The van der Waals surface area contributed by atoms with E-state index in [1.165, 1.54) is 30.3 Å². The van der Waals surface area contributed by atoms with Crippen LogP contribution in [0.2, 0.25) is 0 Å². The summed E-state index contributed by atoms with van der Waals surface area (Å²) in [6, 6.07) is 12.0. The number of aromatic nitrogens is 3. The third-order valence-corrected chi connectivity index (χ3v) is 14.5. The quantitative estimate of drug-likeness (QED) is 0.147. The maximum Gasteiger partial charge on any atom is 0.408 e. The van der Waals surface area contributed by atoms with Gasteiger partial charge in [0.15, 0.2) is 5.78 Å². The number of thiazole rings is 1. The van der Waals surface area contributed by atoms with E-state index in [1.54, 1.807) is 27.9 Å². The van der Waals surface area contributed by atoms with E-state index in [0.29, 0.717) is 37.2 Å². The van der Waals surface area contributed by atoms with Crippen LogP contribution < -0.4 is 19.5 Å². The molecule has 2 fully saturated rings. The van der Waals surface area contributed by atoms with Gasteiger partial charge in [-0.05, 0) is 96.0 Å². The standard InChI is InChI=1S/C47H61N7O9S2/c1-29(2)54-37-18-14-16-35(41-48-32(28-64-41)23-30-19-21-33(61-8)22-20-30)40(37)50-44(54)62-34-24-38-39(55)26-47(43(57)51-65(59,60)52(6)7)25-31(47)15-12-10-9-11-13-17-36(42(56)53(38)27-34)49-45(58)63-46(3,4)5/h12,14-16,18-22,28-29,31,34,36,38H,9-11,13,17,23-27H2,1-8H3,(H,49,58)(H,51,57)/b15-12-/t31-,34-,36+,38+,47-/m1/s1. The minimum atomic E-state index is -4.16. The van der Waals surface area contributed by atoms with Crippen molar-refractivity contribution in [3.63, 3.8) is 0 Å². The lowest BCUT2D eigenvalue weighted by Crippen LogP contribution is -2.53. The lowest BCUT2D eigenvalue weighted by molar-refractivity contribution is -0.140. The molecular formula is C47H61N7O9S2. The summed E-state index contributed by atoms with van der Waals surface area (Å²) < 4.78 is 48.5. The minimum absolute atomic E-state index is 0.00532. The fourth-order valence-corrected chi connectivity index (χ4v) is 10.2. The Hall–Kier alpha value is -5.33. The van der Waals surface area contributed by atoms with E-state index < -0.39 is 63.1 Å². The van der Waals surface area contributed by atoms with E-state index in [2.05, 4.69) is 10.0 Å². The SMILES string of the molecule is COc1ccc(Cc2csc(-c3cccc4c3nc(O[C@@H]3C[C@H]5C(=O)C[C@]6(C(=O)NS(=O)(=O)N(C)C)C[C@H]6/C=C\CCCCC[C@H](NC(=O)OC(C)(C)C)C(=O)N5C3)n4C(C)C)n2)cc1. The van der Waals surface area contributed by atoms with Gasteiger partial charge in [-0.1, -0.05) is 43.2 Å². The van der Waals surface area contributed by atoms with E-state index in [-0.39, 0.29) is 37.8 Å². The fraction of sp³-hybridized carbons (Fsp3) is 0.532. The summed E-state index contributed by atoms with van der Waals surface area (Å²) in [6.07, 6.45) is 6.29. The number of alkyl carbamates (subject to hydrolysis) is 1. The summed E-state index contributed by atoms with van der Waals surface area (Å²) in [5.74, 6) is -1.22.